The lowest BCUT2D eigenvalue weighted by atomic mass is 10.0. The highest BCUT2D eigenvalue weighted by atomic mass is 16.6. The van der Waals surface area contributed by atoms with Crippen molar-refractivity contribution in [3.63, 3.8) is 0 Å². The van der Waals surface area contributed by atoms with E-state index in [2.05, 4.69) is 5.32 Å². The Morgan fingerprint density at radius 2 is 1.87 bits per heavy atom. The average Bonchev–Trinajstić information content (AvgIpc) is 2.76. The number of aryl methyl sites for hydroxylation is 1. The van der Waals surface area contributed by atoms with Crippen LogP contribution in [0.15, 0.2) is 54.6 Å². The maximum atomic E-state index is 12.6. The molecular formula is C22H26N2O7. The fraction of sp³-hybridized carbons (Fsp3) is 0.273. The number of hydrogen-bond acceptors (Lipinski definition) is 7. The fourth-order valence-corrected chi connectivity index (χ4v) is 2.76. The van der Waals surface area contributed by atoms with Crippen molar-refractivity contribution >= 4 is 17.7 Å². The Labute approximate surface area is 180 Å². The van der Waals surface area contributed by atoms with Crippen molar-refractivity contribution in [1.29, 1.82) is 0 Å². The summed E-state index contributed by atoms with van der Waals surface area (Å²) < 4.78 is 16.3. The van der Waals surface area contributed by atoms with Gasteiger partial charge in [-0.05, 0) is 49.8 Å². The summed E-state index contributed by atoms with van der Waals surface area (Å²) in [5.74, 6) is -0.681. The monoisotopic (exact) mass is 430 g/mol. The van der Waals surface area contributed by atoms with Crippen LogP contribution in [0.4, 0.5) is 10.5 Å². The van der Waals surface area contributed by atoms with Crippen LogP contribution in [-0.4, -0.2) is 42.1 Å². The van der Waals surface area contributed by atoms with Gasteiger partial charge in [-0.25, -0.2) is 10.3 Å². The Hall–Kier alpha value is -3.56. The summed E-state index contributed by atoms with van der Waals surface area (Å²) in [5, 5.41) is 21.5. The molecule has 0 spiro atoms. The molecule has 0 heterocycles. The third-order valence-electron chi connectivity index (χ3n) is 4.27. The summed E-state index contributed by atoms with van der Waals surface area (Å²) in [7, 11) is 1.41. The van der Waals surface area contributed by atoms with Crippen LogP contribution < -0.4 is 15.5 Å². The van der Waals surface area contributed by atoms with Crippen LogP contribution in [0.2, 0.25) is 0 Å². The van der Waals surface area contributed by atoms with Crippen LogP contribution in [-0.2, 0) is 14.3 Å². The number of anilines is 1. The number of carbonyl (C=O) groups is 2. The number of hydrogen-bond donors (Lipinski definition) is 4. The standard InChI is InChI=1S/C22H26N2O7/c1-4-30-19(11-12-20(26)24-28)21(15-7-10-18(29-3)17(25)13-15)31-22(27)23-16-8-5-14(2)6-9-16/h5-13,19,21,25,28H,4H2,1-3H3,(H,23,27)(H,24,26)/b12-11+/t19-,21-/m0/s1. The van der Waals surface area contributed by atoms with Gasteiger partial charge >= 0.3 is 6.09 Å². The predicted molar refractivity (Wildman–Crippen MR) is 113 cm³/mol. The number of hydroxylamine groups is 1. The van der Waals surface area contributed by atoms with Gasteiger partial charge in [-0.15, -0.1) is 0 Å². The molecule has 31 heavy (non-hydrogen) atoms. The van der Waals surface area contributed by atoms with Crippen LogP contribution in [0, 0.1) is 6.92 Å². The van der Waals surface area contributed by atoms with Gasteiger partial charge in [0, 0.05) is 18.4 Å². The summed E-state index contributed by atoms with van der Waals surface area (Å²) in [5.41, 5.74) is 3.47. The van der Waals surface area contributed by atoms with Crippen molar-refractivity contribution in [2.24, 2.45) is 0 Å². The second-order valence-electron chi connectivity index (χ2n) is 6.50. The van der Waals surface area contributed by atoms with Crippen molar-refractivity contribution < 1.29 is 34.1 Å². The minimum absolute atomic E-state index is 0.153. The van der Waals surface area contributed by atoms with Crippen molar-refractivity contribution in [2.45, 2.75) is 26.1 Å². The number of ether oxygens (including phenoxy) is 3. The molecule has 0 aromatic heterocycles. The molecule has 166 valence electrons. The van der Waals surface area contributed by atoms with Gasteiger partial charge in [-0.3, -0.25) is 15.3 Å². The lowest BCUT2D eigenvalue weighted by Gasteiger charge is -2.25. The fourth-order valence-electron chi connectivity index (χ4n) is 2.76. The average molecular weight is 430 g/mol. The smallest absolute Gasteiger partial charge is 0.412 e. The molecule has 9 heteroatoms. The van der Waals surface area contributed by atoms with Crippen LogP contribution in [0.1, 0.15) is 24.2 Å². The first kappa shape index (κ1) is 23.7. The molecule has 0 aliphatic rings. The summed E-state index contributed by atoms with van der Waals surface area (Å²) >= 11 is 0. The quantitative estimate of drug-likeness (QED) is 0.273. The lowest BCUT2D eigenvalue weighted by Crippen LogP contribution is -2.28. The van der Waals surface area contributed by atoms with E-state index in [0.717, 1.165) is 11.6 Å². The molecule has 2 aromatic rings. The second-order valence-corrected chi connectivity index (χ2v) is 6.50. The number of nitrogens with one attached hydrogen (secondary N) is 2. The highest BCUT2D eigenvalue weighted by Crippen LogP contribution is 2.33. The highest BCUT2D eigenvalue weighted by molar-refractivity contribution is 5.86. The predicted octanol–water partition coefficient (Wildman–Crippen LogP) is 3.47. The second kappa shape index (κ2) is 11.6. The first-order valence-electron chi connectivity index (χ1n) is 9.53. The number of rotatable bonds is 9. The van der Waals surface area contributed by atoms with Gasteiger partial charge in [0.05, 0.1) is 7.11 Å². The molecule has 0 fully saturated rings. The third-order valence-corrected chi connectivity index (χ3v) is 4.27. The number of methoxy groups -OCH3 is 1. The Bertz CT molecular complexity index is 913. The SMILES string of the molecule is CCO[C@@H](/C=C/C(=O)NO)[C@@H](OC(=O)Nc1ccc(C)cc1)c1ccc(OC)c(O)c1. The molecule has 2 rings (SSSR count). The molecule has 2 atom stereocenters. The minimum atomic E-state index is -1.02. The summed E-state index contributed by atoms with van der Waals surface area (Å²) in [6, 6.07) is 11.7. The number of benzene rings is 2. The zero-order chi connectivity index (χ0) is 22.8. The summed E-state index contributed by atoms with van der Waals surface area (Å²) in [6.07, 6.45) is -0.268. The summed E-state index contributed by atoms with van der Waals surface area (Å²) in [4.78, 5) is 24.0. The molecule has 0 saturated carbocycles. The Kier molecular flexibility index (Phi) is 8.86. The van der Waals surface area contributed by atoms with Crippen LogP contribution >= 0.6 is 0 Å². The van der Waals surface area contributed by atoms with Crippen LogP contribution in [0.5, 0.6) is 11.5 Å². The molecule has 0 unspecified atom stereocenters. The van der Waals surface area contributed by atoms with Gasteiger partial charge in [-0.1, -0.05) is 23.8 Å². The van der Waals surface area contributed by atoms with Crippen molar-refractivity contribution in [1.82, 2.24) is 5.48 Å². The minimum Gasteiger partial charge on any atom is -0.504 e. The number of aromatic hydroxyl groups is 1. The van der Waals surface area contributed by atoms with E-state index in [9.17, 15) is 14.7 Å². The molecule has 0 aliphatic heterocycles. The Morgan fingerprint density at radius 3 is 2.45 bits per heavy atom. The first-order valence-corrected chi connectivity index (χ1v) is 9.53. The zero-order valence-corrected chi connectivity index (χ0v) is 17.5. The van der Waals surface area contributed by atoms with Gasteiger partial charge in [0.15, 0.2) is 17.6 Å². The van der Waals surface area contributed by atoms with E-state index in [4.69, 9.17) is 19.4 Å². The van der Waals surface area contributed by atoms with E-state index in [1.54, 1.807) is 25.1 Å². The molecule has 0 radical (unpaired) electrons. The van der Waals surface area contributed by atoms with Gasteiger partial charge in [0.2, 0.25) is 0 Å². The zero-order valence-electron chi connectivity index (χ0n) is 17.5. The van der Waals surface area contributed by atoms with Gasteiger partial charge < -0.3 is 19.3 Å². The molecule has 0 saturated heterocycles. The van der Waals surface area contributed by atoms with E-state index in [-0.39, 0.29) is 18.1 Å². The summed E-state index contributed by atoms with van der Waals surface area (Å²) in [6.45, 7) is 3.91. The highest BCUT2D eigenvalue weighted by Gasteiger charge is 2.27. The number of amides is 2. The third kappa shape index (κ3) is 7.02. The van der Waals surface area contributed by atoms with Crippen molar-refractivity contribution in [3.8, 4) is 11.5 Å². The number of phenols is 1. The maximum Gasteiger partial charge on any atom is 0.412 e. The molecule has 0 aliphatic carbocycles. The van der Waals surface area contributed by atoms with Gasteiger partial charge in [0.25, 0.3) is 5.91 Å². The first-order chi connectivity index (χ1) is 14.9. The van der Waals surface area contributed by atoms with Crippen molar-refractivity contribution in [3.05, 3.63) is 65.7 Å². The molecule has 2 aromatic carbocycles. The van der Waals surface area contributed by atoms with E-state index in [1.807, 2.05) is 19.1 Å². The molecule has 4 N–H and O–H groups in total. The Morgan fingerprint density at radius 1 is 1.16 bits per heavy atom. The largest absolute Gasteiger partial charge is 0.504 e. The van der Waals surface area contributed by atoms with E-state index in [0.29, 0.717) is 11.3 Å². The molecule has 2 amide bonds. The van der Waals surface area contributed by atoms with Crippen LogP contribution in [0.3, 0.4) is 0 Å². The van der Waals surface area contributed by atoms with Crippen molar-refractivity contribution in [2.75, 3.05) is 19.0 Å². The lowest BCUT2D eigenvalue weighted by molar-refractivity contribution is -0.124. The van der Waals surface area contributed by atoms with Gasteiger partial charge in [0.1, 0.15) is 6.10 Å². The van der Waals surface area contributed by atoms with E-state index < -0.39 is 24.2 Å². The molecular weight excluding hydrogens is 404 g/mol. The van der Waals surface area contributed by atoms with Gasteiger partial charge in [-0.2, -0.15) is 0 Å². The number of phenolic OH excluding ortho intramolecular Hbond substituents is 1. The van der Waals surface area contributed by atoms with E-state index in [1.165, 1.54) is 30.8 Å². The molecule has 9 nitrogen and oxygen atoms in total. The normalized spacial score (nSPS) is 12.8. The van der Waals surface area contributed by atoms with E-state index >= 15 is 0 Å². The maximum absolute atomic E-state index is 12.6. The van der Waals surface area contributed by atoms with Crippen LogP contribution in [0.25, 0.3) is 0 Å². The topological polar surface area (TPSA) is 126 Å². The number of carbonyl (C=O) groups excluding carboxylic acids is 2. The Balaban J connectivity index is 2.33. The molecule has 0 bridgehead atoms.